The van der Waals surface area contributed by atoms with Crippen LogP contribution in [0.4, 0.5) is 5.69 Å². The monoisotopic (exact) mass is 543 g/mol. The summed E-state index contributed by atoms with van der Waals surface area (Å²) in [4.78, 5) is 22.8. The lowest BCUT2D eigenvalue weighted by molar-refractivity contribution is -0.124. The SMILES string of the molecule is CCN(CCOC)S(=O)(=O)N=C(CN)N1CC(c2ccccc2)C(c2ccc(NC(=O)CC(N)=O)cc2)=N1. The molecule has 1 atom stereocenters. The predicted molar refractivity (Wildman–Crippen MR) is 146 cm³/mol. The summed E-state index contributed by atoms with van der Waals surface area (Å²) in [6.45, 7) is 2.57. The van der Waals surface area contributed by atoms with Gasteiger partial charge in [-0.05, 0) is 23.3 Å². The van der Waals surface area contributed by atoms with Crippen LogP contribution in [0.5, 0.6) is 0 Å². The molecule has 1 unspecified atom stereocenters. The van der Waals surface area contributed by atoms with Crippen molar-refractivity contribution in [3.8, 4) is 0 Å². The van der Waals surface area contributed by atoms with Gasteiger partial charge in [0, 0.05) is 31.8 Å². The largest absolute Gasteiger partial charge is 0.383 e. The minimum Gasteiger partial charge on any atom is -0.383 e. The molecule has 12 nitrogen and oxygen atoms in total. The molecule has 1 aliphatic rings. The number of benzene rings is 2. The van der Waals surface area contributed by atoms with Gasteiger partial charge in [-0.25, -0.2) is 5.01 Å². The summed E-state index contributed by atoms with van der Waals surface area (Å²) < 4.78 is 36.2. The van der Waals surface area contributed by atoms with Crippen molar-refractivity contribution in [2.75, 3.05) is 45.2 Å². The Labute approximate surface area is 222 Å². The number of nitrogens with two attached hydrogens (primary N) is 2. The first-order valence-electron chi connectivity index (χ1n) is 12.1. The van der Waals surface area contributed by atoms with Crippen molar-refractivity contribution >= 4 is 39.3 Å². The van der Waals surface area contributed by atoms with Crippen molar-refractivity contribution < 1.29 is 22.7 Å². The van der Waals surface area contributed by atoms with E-state index >= 15 is 0 Å². The topological polar surface area (TPSA) is 173 Å². The summed E-state index contributed by atoms with van der Waals surface area (Å²) in [5.41, 5.74) is 14.0. The van der Waals surface area contributed by atoms with Gasteiger partial charge >= 0.3 is 10.2 Å². The molecule has 0 aliphatic carbocycles. The number of ether oxygens (including phenoxy) is 1. The number of anilines is 1. The van der Waals surface area contributed by atoms with Gasteiger partial charge in [0.1, 0.15) is 6.42 Å². The molecule has 2 aromatic carbocycles. The average Bonchev–Trinajstić information content (AvgIpc) is 3.33. The fraction of sp³-hybridized carbons (Fsp3) is 0.360. The molecule has 3 rings (SSSR count). The lowest BCUT2D eigenvalue weighted by Gasteiger charge is -2.20. The van der Waals surface area contributed by atoms with Crippen LogP contribution in [0.25, 0.3) is 0 Å². The van der Waals surface area contributed by atoms with Crippen LogP contribution in [0.1, 0.15) is 30.4 Å². The fourth-order valence-electron chi connectivity index (χ4n) is 3.97. The van der Waals surface area contributed by atoms with E-state index in [4.69, 9.17) is 21.3 Å². The Morgan fingerprint density at radius 1 is 1.18 bits per heavy atom. The standard InChI is InChI=1S/C25H33N7O5S/c1-3-31(13-14-37-2)38(35,36)30-23(16-26)32-17-21(18-7-5-4-6-8-18)25(29-32)19-9-11-20(12-10-19)28-24(34)15-22(27)33/h4-12,21H,3,13-17,26H2,1-2H3,(H2,27,33)(H,28,34). The van der Waals surface area contributed by atoms with Gasteiger partial charge in [0.05, 0.1) is 25.4 Å². The van der Waals surface area contributed by atoms with E-state index in [2.05, 4.69) is 9.71 Å². The van der Waals surface area contributed by atoms with E-state index in [1.165, 1.54) is 16.4 Å². The van der Waals surface area contributed by atoms with Crippen LogP contribution in [-0.4, -0.2) is 81.0 Å². The van der Waals surface area contributed by atoms with E-state index < -0.39 is 28.4 Å². The van der Waals surface area contributed by atoms with E-state index in [1.54, 1.807) is 31.2 Å². The fourth-order valence-corrected chi connectivity index (χ4v) is 5.15. The number of rotatable bonds is 12. The van der Waals surface area contributed by atoms with E-state index in [9.17, 15) is 18.0 Å². The van der Waals surface area contributed by atoms with Crippen LogP contribution < -0.4 is 16.8 Å². The molecule has 0 radical (unpaired) electrons. The number of likely N-dealkylation sites (N-methyl/N-ethyl adjacent to an activating group) is 1. The second kappa shape index (κ2) is 13.2. The molecule has 0 saturated carbocycles. The van der Waals surface area contributed by atoms with Crippen LogP contribution in [-0.2, 0) is 24.5 Å². The maximum Gasteiger partial charge on any atom is 0.324 e. The third-order valence-electron chi connectivity index (χ3n) is 5.84. The zero-order valence-electron chi connectivity index (χ0n) is 21.4. The van der Waals surface area contributed by atoms with E-state index in [1.807, 2.05) is 30.3 Å². The van der Waals surface area contributed by atoms with Crippen molar-refractivity contribution in [1.82, 2.24) is 9.31 Å². The van der Waals surface area contributed by atoms with Crippen LogP contribution in [0.2, 0.25) is 0 Å². The first-order chi connectivity index (χ1) is 18.2. The molecule has 0 bridgehead atoms. The van der Waals surface area contributed by atoms with Crippen molar-refractivity contribution in [3.63, 3.8) is 0 Å². The number of carbonyl (C=O) groups is 2. The lowest BCUT2D eigenvalue weighted by Crippen LogP contribution is -2.37. The highest BCUT2D eigenvalue weighted by Crippen LogP contribution is 2.29. The number of amides is 2. The summed E-state index contributed by atoms with van der Waals surface area (Å²) in [7, 11) is -2.51. The van der Waals surface area contributed by atoms with Gasteiger partial charge < -0.3 is 21.5 Å². The van der Waals surface area contributed by atoms with E-state index in [0.29, 0.717) is 17.9 Å². The Hall–Kier alpha value is -3.65. The number of primary amides is 1. The van der Waals surface area contributed by atoms with Crippen molar-refractivity contribution in [3.05, 3.63) is 65.7 Å². The van der Waals surface area contributed by atoms with Gasteiger partial charge in [-0.15, -0.1) is 4.40 Å². The first-order valence-corrected chi connectivity index (χ1v) is 13.5. The Balaban J connectivity index is 1.94. The van der Waals surface area contributed by atoms with Gasteiger partial charge in [0.25, 0.3) is 0 Å². The molecule has 38 heavy (non-hydrogen) atoms. The van der Waals surface area contributed by atoms with Gasteiger partial charge in [-0.1, -0.05) is 49.4 Å². The molecule has 0 spiro atoms. The summed E-state index contributed by atoms with van der Waals surface area (Å²) in [6, 6.07) is 16.7. The summed E-state index contributed by atoms with van der Waals surface area (Å²) in [6.07, 6.45) is -0.412. The van der Waals surface area contributed by atoms with Crippen LogP contribution in [0.3, 0.4) is 0 Å². The number of carbonyl (C=O) groups excluding carboxylic acids is 2. The Morgan fingerprint density at radius 3 is 2.45 bits per heavy atom. The van der Waals surface area contributed by atoms with E-state index in [-0.39, 0.29) is 38.0 Å². The number of nitrogens with zero attached hydrogens (tertiary/aromatic N) is 4. The van der Waals surface area contributed by atoms with Gasteiger partial charge in [0.15, 0.2) is 5.84 Å². The third kappa shape index (κ3) is 7.44. The molecule has 2 aromatic rings. The second-order valence-electron chi connectivity index (χ2n) is 8.47. The molecule has 1 heterocycles. The maximum absolute atomic E-state index is 13.0. The number of methoxy groups -OCH3 is 1. The van der Waals surface area contributed by atoms with E-state index in [0.717, 1.165) is 11.1 Å². The molecular weight excluding hydrogens is 510 g/mol. The normalized spacial score (nSPS) is 16.0. The molecule has 13 heteroatoms. The van der Waals surface area contributed by atoms with Gasteiger partial charge in [-0.2, -0.15) is 17.8 Å². The highest BCUT2D eigenvalue weighted by Gasteiger charge is 2.32. The number of hydrazone groups is 1. The Morgan fingerprint density at radius 2 is 1.87 bits per heavy atom. The van der Waals surface area contributed by atoms with Crippen LogP contribution in [0, 0.1) is 0 Å². The number of amidine groups is 1. The van der Waals surface area contributed by atoms with Gasteiger partial charge in [0.2, 0.25) is 11.8 Å². The second-order valence-corrected chi connectivity index (χ2v) is 10.1. The molecule has 5 N–H and O–H groups in total. The first kappa shape index (κ1) is 28.9. The highest BCUT2D eigenvalue weighted by molar-refractivity contribution is 7.87. The average molecular weight is 544 g/mol. The highest BCUT2D eigenvalue weighted by atomic mass is 32.2. The molecule has 0 fully saturated rings. The molecule has 1 aliphatic heterocycles. The summed E-state index contributed by atoms with van der Waals surface area (Å²) in [5, 5.41) is 8.88. The number of hydrogen-bond donors (Lipinski definition) is 3. The van der Waals surface area contributed by atoms with Crippen molar-refractivity contribution in [2.24, 2.45) is 21.0 Å². The number of nitrogens with one attached hydrogen (secondary N) is 1. The lowest BCUT2D eigenvalue weighted by atomic mass is 9.90. The minimum atomic E-state index is -4.01. The quantitative estimate of drug-likeness (QED) is 0.202. The maximum atomic E-state index is 13.0. The molecular formula is C25H33N7O5S. The summed E-state index contributed by atoms with van der Waals surface area (Å²) >= 11 is 0. The van der Waals surface area contributed by atoms with Gasteiger partial charge in [-0.3, -0.25) is 9.59 Å². The molecule has 204 valence electrons. The summed E-state index contributed by atoms with van der Waals surface area (Å²) in [5.74, 6) is -1.30. The van der Waals surface area contributed by atoms with Crippen LogP contribution in [0.15, 0.2) is 64.1 Å². The zero-order chi connectivity index (χ0) is 27.7. The molecule has 2 amide bonds. The number of hydrogen-bond acceptors (Lipinski definition) is 7. The Kier molecular flexibility index (Phi) is 10.1. The van der Waals surface area contributed by atoms with Crippen molar-refractivity contribution in [1.29, 1.82) is 0 Å². The zero-order valence-corrected chi connectivity index (χ0v) is 22.2. The predicted octanol–water partition coefficient (Wildman–Crippen LogP) is 0.874. The molecule has 0 saturated heterocycles. The smallest absolute Gasteiger partial charge is 0.324 e. The third-order valence-corrected chi connectivity index (χ3v) is 7.38. The molecule has 0 aromatic heterocycles. The Bertz CT molecular complexity index is 1280. The van der Waals surface area contributed by atoms with Crippen molar-refractivity contribution in [2.45, 2.75) is 19.3 Å². The minimum absolute atomic E-state index is 0.118. The van der Waals surface area contributed by atoms with Crippen LogP contribution >= 0.6 is 0 Å².